The minimum Gasteiger partial charge on any atom is -0.381 e. The van der Waals surface area contributed by atoms with Crippen molar-refractivity contribution in [2.45, 2.75) is 18.0 Å². The molecule has 1 aliphatic rings. The summed E-state index contributed by atoms with van der Waals surface area (Å²) in [5.41, 5.74) is 2.93. The number of hydrogen-bond donors (Lipinski definition) is 2. The number of halogens is 3. The predicted octanol–water partition coefficient (Wildman–Crippen LogP) is 4.05. The van der Waals surface area contributed by atoms with E-state index in [4.69, 9.17) is 0 Å². The van der Waals surface area contributed by atoms with E-state index in [9.17, 15) is 17.4 Å². The zero-order chi connectivity index (χ0) is 23.4. The number of nitrogens with zero attached hydrogens (tertiary/aromatic N) is 3. The number of rotatable bonds is 8. The van der Waals surface area contributed by atoms with E-state index in [0.29, 0.717) is 12.1 Å². The topological polar surface area (TPSA) is 60.5 Å². The van der Waals surface area contributed by atoms with Crippen molar-refractivity contribution in [2.24, 2.45) is 0 Å². The van der Waals surface area contributed by atoms with Crippen molar-refractivity contribution in [3.05, 3.63) is 69.8 Å². The number of nitrogens with one attached hydrogen (secondary N) is 2. The highest BCUT2D eigenvalue weighted by Gasteiger charge is 2.20. The van der Waals surface area contributed by atoms with Gasteiger partial charge >= 0.3 is 0 Å². The molecule has 3 aromatic rings. The molecule has 1 atom stereocenters. The molecule has 0 bridgehead atoms. The number of thiazole rings is 1. The molecule has 2 aromatic carbocycles. The Kier molecular flexibility index (Phi) is 7.63. The van der Waals surface area contributed by atoms with E-state index < -0.39 is 27.5 Å². The fourth-order valence-corrected chi connectivity index (χ4v) is 5.07. The summed E-state index contributed by atoms with van der Waals surface area (Å²) in [7, 11) is -0.0786. The second kappa shape index (κ2) is 10.6. The van der Waals surface area contributed by atoms with Gasteiger partial charge in [0.2, 0.25) is 0 Å². The van der Waals surface area contributed by atoms with Crippen LogP contribution in [0, 0.1) is 17.5 Å². The average Bonchev–Trinajstić information content (AvgIpc) is 3.27. The van der Waals surface area contributed by atoms with Gasteiger partial charge in [0.05, 0.1) is 5.51 Å². The maximum atomic E-state index is 14.6. The Labute approximate surface area is 197 Å². The third-order valence-electron chi connectivity index (χ3n) is 5.49. The molecule has 2 heterocycles. The van der Waals surface area contributed by atoms with Crippen LogP contribution in [0.2, 0.25) is 0 Å². The van der Waals surface area contributed by atoms with Crippen molar-refractivity contribution in [1.29, 1.82) is 0 Å². The molecule has 4 rings (SSSR count). The molecule has 2 N–H and O–H groups in total. The molecule has 0 amide bonds. The quantitative estimate of drug-likeness (QED) is 0.494. The zero-order valence-corrected chi connectivity index (χ0v) is 19.6. The minimum absolute atomic E-state index is 0.0636. The molecule has 11 heteroatoms. The SMILES string of the molecule is CN1CCN(Cc2cccc(F)c2CNc2cc(F)c(S(=O)Nc3cscn3)c(F)c2)CC1. The van der Waals surface area contributed by atoms with Crippen molar-refractivity contribution in [2.75, 3.05) is 43.3 Å². The third-order valence-corrected chi connectivity index (χ3v) is 7.23. The number of piperazine rings is 1. The van der Waals surface area contributed by atoms with Crippen LogP contribution in [0.15, 0.2) is 46.1 Å². The second-order valence-corrected chi connectivity index (χ2v) is 9.69. The molecule has 1 unspecified atom stereocenters. The van der Waals surface area contributed by atoms with Gasteiger partial charge in [0, 0.05) is 55.9 Å². The summed E-state index contributed by atoms with van der Waals surface area (Å²) in [5, 5.41) is 4.48. The Balaban J connectivity index is 1.46. The van der Waals surface area contributed by atoms with Crippen molar-refractivity contribution in [3.63, 3.8) is 0 Å². The first kappa shape index (κ1) is 23.7. The summed E-state index contributed by atoms with van der Waals surface area (Å²) in [6.45, 7) is 4.35. The van der Waals surface area contributed by atoms with Crippen molar-refractivity contribution in [1.82, 2.24) is 14.8 Å². The fourth-order valence-electron chi connectivity index (χ4n) is 3.63. The molecule has 6 nitrogen and oxygen atoms in total. The molecule has 1 aliphatic heterocycles. The largest absolute Gasteiger partial charge is 0.381 e. The first-order valence-electron chi connectivity index (χ1n) is 10.4. The monoisotopic (exact) mass is 495 g/mol. The number of hydrogen-bond acceptors (Lipinski definition) is 6. The van der Waals surface area contributed by atoms with Gasteiger partial charge in [-0.2, -0.15) is 0 Å². The molecule has 1 fully saturated rings. The smallest absolute Gasteiger partial charge is 0.157 e. The van der Waals surface area contributed by atoms with E-state index in [1.54, 1.807) is 11.4 Å². The Morgan fingerprint density at radius 3 is 2.48 bits per heavy atom. The van der Waals surface area contributed by atoms with Crippen LogP contribution in [-0.4, -0.2) is 52.2 Å². The third kappa shape index (κ3) is 5.91. The number of anilines is 2. The molecule has 0 spiro atoms. The Bertz CT molecular complexity index is 1100. The van der Waals surface area contributed by atoms with Gasteiger partial charge in [0.15, 0.2) is 11.0 Å². The molecule has 1 saturated heterocycles. The van der Waals surface area contributed by atoms with Gasteiger partial charge in [0.25, 0.3) is 0 Å². The predicted molar refractivity (Wildman–Crippen MR) is 125 cm³/mol. The molecule has 0 saturated carbocycles. The summed E-state index contributed by atoms with van der Waals surface area (Å²) < 4.78 is 58.6. The highest BCUT2D eigenvalue weighted by atomic mass is 32.2. The minimum atomic E-state index is -2.15. The van der Waals surface area contributed by atoms with Gasteiger partial charge in [-0.3, -0.25) is 9.62 Å². The Morgan fingerprint density at radius 2 is 1.82 bits per heavy atom. The van der Waals surface area contributed by atoms with E-state index in [-0.39, 0.29) is 23.9 Å². The van der Waals surface area contributed by atoms with Gasteiger partial charge in [-0.05, 0) is 30.8 Å². The van der Waals surface area contributed by atoms with Crippen LogP contribution in [0.3, 0.4) is 0 Å². The lowest BCUT2D eigenvalue weighted by molar-refractivity contribution is 0.148. The van der Waals surface area contributed by atoms with Gasteiger partial charge in [-0.15, -0.1) is 11.3 Å². The number of likely N-dealkylation sites (N-methyl/N-ethyl adjacent to an activating group) is 1. The standard InChI is InChI=1S/C22H24F3N5OS2/c1-29-5-7-30(8-6-29)12-15-3-2-4-18(23)17(15)11-26-16-9-19(24)22(20(25)10-16)33(31)28-21-13-32-14-27-21/h2-4,9-10,13-14,26,28H,5-8,11-12H2,1H3. The summed E-state index contributed by atoms with van der Waals surface area (Å²) in [6, 6.07) is 7.03. The fraction of sp³-hybridized carbons (Fsp3) is 0.318. The van der Waals surface area contributed by atoms with Crippen LogP contribution in [0.1, 0.15) is 11.1 Å². The second-order valence-electron chi connectivity index (χ2n) is 7.82. The molecular formula is C22H24F3N5OS2. The first-order chi connectivity index (χ1) is 15.9. The zero-order valence-electron chi connectivity index (χ0n) is 18.0. The van der Waals surface area contributed by atoms with Gasteiger partial charge in [-0.1, -0.05) is 12.1 Å². The summed E-state index contributed by atoms with van der Waals surface area (Å²) >= 11 is 1.26. The van der Waals surface area contributed by atoms with E-state index in [1.165, 1.54) is 22.9 Å². The number of benzene rings is 2. The lowest BCUT2D eigenvalue weighted by Gasteiger charge is -2.32. The molecular weight excluding hydrogens is 471 g/mol. The first-order valence-corrected chi connectivity index (χ1v) is 12.5. The molecule has 1 aromatic heterocycles. The van der Waals surface area contributed by atoms with Gasteiger partial charge in [-0.25, -0.2) is 22.4 Å². The molecule has 176 valence electrons. The van der Waals surface area contributed by atoms with E-state index in [2.05, 4.69) is 31.9 Å². The van der Waals surface area contributed by atoms with Crippen LogP contribution in [0.25, 0.3) is 0 Å². The average molecular weight is 496 g/mol. The van der Waals surface area contributed by atoms with Crippen LogP contribution >= 0.6 is 11.3 Å². The summed E-state index contributed by atoms with van der Waals surface area (Å²) in [5.74, 6) is -2.04. The van der Waals surface area contributed by atoms with Crippen molar-refractivity contribution in [3.8, 4) is 0 Å². The molecule has 33 heavy (non-hydrogen) atoms. The highest BCUT2D eigenvalue weighted by molar-refractivity contribution is 7.86. The lowest BCUT2D eigenvalue weighted by atomic mass is 10.1. The van der Waals surface area contributed by atoms with Gasteiger partial charge < -0.3 is 10.2 Å². The van der Waals surface area contributed by atoms with Crippen molar-refractivity contribution >= 4 is 33.8 Å². The van der Waals surface area contributed by atoms with E-state index in [0.717, 1.165) is 43.9 Å². The van der Waals surface area contributed by atoms with E-state index in [1.807, 2.05) is 6.07 Å². The Morgan fingerprint density at radius 1 is 1.09 bits per heavy atom. The molecule has 0 radical (unpaired) electrons. The normalized spacial score (nSPS) is 16.0. The van der Waals surface area contributed by atoms with Crippen molar-refractivity contribution < 1.29 is 17.4 Å². The lowest BCUT2D eigenvalue weighted by Crippen LogP contribution is -2.44. The highest BCUT2D eigenvalue weighted by Crippen LogP contribution is 2.25. The van der Waals surface area contributed by atoms with Crippen LogP contribution in [-0.2, 0) is 24.1 Å². The summed E-state index contributed by atoms with van der Waals surface area (Å²) in [4.78, 5) is 7.82. The van der Waals surface area contributed by atoms with Crippen LogP contribution in [0.4, 0.5) is 24.7 Å². The number of aromatic nitrogens is 1. The maximum absolute atomic E-state index is 14.6. The Hall–Kier alpha value is -2.47. The van der Waals surface area contributed by atoms with E-state index >= 15 is 0 Å². The summed E-state index contributed by atoms with van der Waals surface area (Å²) in [6.07, 6.45) is 0. The maximum Gasteiger partial charge on any atom is 0.157 e. The van der Waals surface area contributed by atoms with Crippen LogP contribution < -0.4 is 10.0 Å². The van der Waals surface area contributed by atoms with Gasteiger partial charge in [0.1, 0.15) is 28.2 Å². The molecule has 0 aliphatic carbocycles. The van der Waals surface area contributed by atoms with Crippen LogP contribution in [0.5, 0.6) is 0 Å².